The molecule has 0 atom stereocenters. The predicted octanol–water partition coefficient (Wildman–Crippen LogP) is 0.400. The number of nitrogens with zero attached hydrogens (tertiary/aromatic N) is 1. The van der Waals surface area contributed by atoms with Gasteiger partial charge in [0.25, 0.3) is 0 Å². The van der Waals surface area contributed by atoms with E-state index in [4.69, 9.17) is 10.5 Å². The van der Waals surface area contributed by atoms with Crippen molar-refractivity contribution in [3.63, 3.8) is 0 Å². The Labute approximate surface area is 112 Å². The first-order chi connectivity index (χ1) is 8.52. The lowest BCUT2D eigenvalue weighted by Gasteiger charge is -2.31. The van der Waals surface area contributed by atoms with Crippen LogP contribution in [0.3, 0.4) is 0 Å². The summed E-state index contributed by atoms with van der Waals surface area (Å²) < 4.78 is 4.92. The van der Waals surface area contributed by atoms with Crippen molar-refractivity contribution in [2.24, 2.45) is 5.73 Å². The summed E-state index contributed by atoms with van der Waals surface area (Å²) in [6.07, 6.45) is 1.24. The van der Waals surface area contributed by atoms with Gasteiger partial charge in [0.15, 0.2) is 0 Å². The second-order valence-electron chi connectivity index (χ2n) is 4.17. The maximum Gasteiger partial charge on any atom is 0.409 e. The minimum absolute atomic E-state index is 0.0768. The first kappa shape index (κ1) is 14.7. The molecule has 0 spiro atoms. The molecule has 0 aromatic rings. The van der Waals surface area contributed by atoms with E-state index in [0.29, 0.717) is 19.7 Å². The Morgan fingerprint density at radius 2 is 2.06 bits per heavy atom. The second kappa shape index (κ2) is 7.15. The predicted molar refractivity (Wildman–Crippen MR) is 71.2 cm³/mol. The number of amides is 2. The highest BCUT2D eigenvalue weighted by atomic mass is 32.1. The number of rotatable bonds is 4. The van der Waals surface area contributed by atoms with E-state index < -0.39 is 0 Å². The summed E-state index contributed by atoms with van der Waals surface area (Å²) in [6.45, 7) is 3.34. The third kappa shape index (κ3) is 4.87. The zero-order valence-corrected chi connectivity index (χ0v) is 11.3. The summed E-state index contributed by atoms with van der Waals surface area (Å²) in [7, 11) is 0. The summed E-state index contributed by atoms with van der Waals surface area (Å²) in [5.41, 5.74) is 5.29. The maximum atomic E-state index is 11.5. The molecule has 2 amide bonds. The zero-order chi connectivity index (χ0) is 13.5. The van der Waals surface area contributed by atoms with Gasteiger partial charge >= 0.3 is 6.09 Å². The summed E-state index contributed by atoms with van der Waals surface area (Å²) >= 11 is 4.67. The first-order valence-corrected chi connectivity index (χ1v) is 6.43. The molecule has 18 heavy (non-hydrogen) atoms. The van der Waals surface area contributed by atoms with E-state index in [1.165, 1.54) is 0 Å². The van der Waals surface area contributed by atoms with E-state index >= 15 is 0 Å². The summed E-state index contributed by atoms with van der Waals surface area (Å²) in [4.78, 5) is 24.8. The van der Waals surface area contributed by atoms with Gasteiger partial charge in [0.05, 0.1) is 18.0 Å². The van der Waals surface area contributed by atoms with Gasteiger partial charge < -0.3 is 20.7 Å². The van der Waals surface area contributed by atoms with Crippen molar-refractivity contribution >= 4 is 29.2 Å². The van der Waals surface area contributed by atoms with Crippen molar-refractivity contribution in [3.8, 4) is 0 Å². The van der Waals surface area contributed by atoms with Crippen LogP contribution in [0.15, 0.2) is 0 Å². The van der Waals surface area contributed by atoms with Gasteiger partial charge in [-0.1, -0.05) is 12.2 Å². The molecule has 102 valence electrons. The smallest absolute Gasteiger partial charge is 0.409 e. The molecule has 1 saturated heterocycles. The first-order valence-electron chi connectivity index (χ1n) is 6.02. The fourth-order valence-electron chi connectivity index (χ4n) is 1.86. The van der Waals surface area contributed by atoms with Crippen LogP contribution >= 0.6 is 12.2 Å². The summed E-state index contributed by atoms with van der Waals surface area (Å²) in [5, 5.41) is 2.86. The molecule has 1 aliphatic rings. The molecular weight excluding hydrogens is 254 g/mol. The number of ether oxygens (including phenoxy) is 1. The number of nitrogens with one attached hydrogen (secondary N) is 1. The Balaban J connectivity index is 2.29. The number of hydrogen-bond acceptors (Lipinski definition) is 4. The van der Waals surface area contributed by atoms with Crippen molar-refractivity contribution in [1.82, 2.24) is 10.2 Å². The Kier molecular flexibility index (Phi) is 5.84. The molecule has 3 N–H and O–H groups in total. The number of piperidine rings is 1. The highest BCUT2D eigenvalue weighted by Gasteiger charge is 2.24. The van der Waals surface area contributed by atoms with Crippen LogP contribution in [0.1, 0.15) is 26.2 Å². The lowest BCUT2D eigenvalue weighted by molar-refractivity contribution is -0.120. The fraction of sp³-hybridized carbons (Fsp3) is 0.727. The largest absolute Gasteiger partial charge is 0.450 e. The molecule has 0 aromatic heterocycles. The van der Waals surface area contributed by atoms with Crippen molar-refractivity contribution in [3.05, 3.63) is 0 Å². The van der Waals surface area contributed by atoms with Crippen molar-refractivity contribution in [1.29, 1.82) is 0 Å². The van der Waals surface area contributed by atoms with Crippen LogP contribution in [0.4, 0.5) is 4.79 Å². The minimum atomic E-state index is -0.287. The van der Waals surface area contributed by atoms with Gasteiger partial charge in [-0.25, -0.2) is 4.79 Å². The summed E-state index contributed by atoms with van der Waals surface area (Å²) in [6, 6.07) is 0.0810. The van der Waals surface area contributed by atoms with E-state index in [0.717, 1.165) is 12.8 Å². The minimum Gasteiger partial charge on any atom is -0.450 e. The number of likely N-dealkylation sites (tertiary alicyclic amines) is 1. The SMILES string of the molecule is CCOC(=O)N1CCC(NC(=O)CC(N)=S)CC1. The zero-order valence-electron chi connectivity index (χ0n) is 10.5. The maximum absolute atomic E-state index is 11.5. The van der Waals surface area contributed by atoms with E-state index in [-0.39, 0.29) is 29.5 Å². The van der Waals surface area contributed by atoms with Crippen LogP contribution in [-0.4, -0.2) is 47.6 Å². The highest BCUT2D eigenvalue weighted by Crippen LogP contribution is 2.11. The molecule has 7 heteroatoms. The summed E-state index contributed by atoms with van der Waals surface area (Å²) in [5.74, 6) is -0.155. The normalized spacial score (nSPS) is 16.2. The quantitative estimate of drug-likeness (QED) is 0.724. The van der Waals surface area contributed by atoms with E-state index in [2.05, 4.69) is 17.5 Å². The molecule has 1 fully saturated rings. The molecule has 0 saturated carbocycles. The molecule has 0 radical (unpaired) electrons. The van der Waals surface area contributed by atoms with Gasteiger partial charge in [-0.2, -0.15) is 0 Å². The van der Waals surface area contributed by atoms with Gasteiger partial charge in [-0.15, -0.1) is 0 Å². The van der Waals surface area contributed by atoms with Crippen LogP contribution in [-0.2, 0) is 9.53 Å². The molecule has 0 bridgehead atoms. The molecule has 0 aromatic carbocycles. The molecule has 6 nitrogen and oxygen atoms in total. The van der Waals surface area contributed by atoms with Crippen LogP contribution in [0, 0.1) is 0 Å². The fourth-order valence-corrected chi connectivity index (χ4v) is 1.99. The average molecular weight is 273 g/mol. The van der Waals surface area contributed by atoms with Crippen LogP contribution in [0.5, 0.6) is 0 Å². The lowest BCUT2D eigenvalue weighted by atomic mass is 10.1. The Hall–Kier alpha value is -1.37. The van der Waals surface area contributed by atoms with Gasteiger partial charge in [0.2, 0.25) is 5.91 Å². The molecule has 1 rings (SSSR count). The standard InChI is InChI=1S/C11H19N3O3S/c1-2-17-11(16)14-5-3-8(4-6-14)13-10(15)7-9(12)18/h8H,2-7H2,1H3,(H2,12,18)(H,13,15). The number of thiocarbonyl (C=S) groups is 1. The van der Waals surface area contributed by atoms with Crippen LogP contribution in [0.2, 0.25) is 0 Å². The van der Waals surface area contributed by atoms with E-state index in [1.807, 2.05) is 0 Å². The van der Waals surface area contributed by atoms with Gasteiger partial charge in [-0.05, 0) is 19.8 Å². The highest BCUT2D eigenvalue weighted by molar-refractivity contribution is 7.80. The Morgan fingerprint density at radius 1 is 1.44 bits per heavy atom. The van der Waals surface area contributed by atoms with E-state index in [1.54, 1.807) is 11.8 Å². The number of hydrogen-bond donors (Lipinski definition) is 2. The number of carbonyl (C=O) groups is 2. The molecule has 1 aliphatic heterocycles. The third-order valence-electron chi connectivity index (χ3n) is 2.72. The van der Waals surface area contributed by atoms with Gasteiger partial charge in [-0.3, -0.25) is 4.79 Å². The van der Waals surface area contributed by atoms with Crippen LogP contribution in [0.25, 0.3) is 0 Å². The molecular formula is C11H19N3O3S. The monoisotopic (exact) mass is 273 g/mol. The molecule has 0 unspecified atom stereocenters. The Morgan fingerprint density at radius 3 is 2.56 bits per heavy atom. The number of carbonyl (C=O) groups excluding carboxylic acids is 2. The van der Waals surface area contributed by atoms with Gasteiger partial charge in [0.1, 0.15) is 0 Å². The third-order valence-corrected chi connectivity index (χ3v) is 2.87. The van der Waals surface area contributed by atoms with Crippen molar-refractivity contribution in [2.75, 3.05) is 19.7 Å². The molecule has 0 aliphatic carbocycles. The van der Waals surface area contributed by atoms with Crippen molar-refractivity contribution in [2.45, 2.75) is 32.2 Å². The Bertz CT molecular complexity index is 327. The number of nitrogens with two attached hydrogens (primary N) is 1. The topological polar surface area (TPSA) is 84.7 Å². The lowest BCUT2D eigenvalue weighted by Crippen LogP contribution is -2.47. The van der Waals surface area contributed by atoms with E-state index in [9.17, 15) is 9.59 Å². The average Bonchev–Trinajstić information content (AvgIpc) is 2.29. The van der Waals surface area contributed by atoms with Gasteiger partial charge in [0, 0.05) is 19.1 Å². The second-order valence-corrected chi connectivity index (χ2v) is 4.70. The van der Waals surface area contributed by atoms with Crippen molar-refractivity contribution < 1.29 is 14.3 Å². The van der Waals surface area contributed by atoms with Crippen LogP contribution < -0.4 is 11.1 Å². The molecule has 1 heterocycles.